The highest BCUT2D eigenvalue weighted by Gasteiger charge is 2.43. The molecule has 22 heavy (non-hydrogen) atoms. The Morgan fingerprint density at radius 2 is 1.91 bits per heavy atom. The maximum atomic E-state index is 12.1. The van der Waals surface area contributed by atoms with Gasteiger partial charge >= 0.3 is 0 Å². The molecule has 7 nitrogen and oxygen atoms in total. The van der Waals surface area contributed by atoms with Crippen LogP contribution in [-0.2, 0) is 14.8 Å². The van der Waals surface area contributed by atoms with Crippen molar-refractivity contribution in [3.05, 3.63) is 0 Å². The molecule has 1 heterocycles. The second-order valence-corrected chi connectivity index (χ2v) is 8.36. The maximum absolute atomic E-state index is 12.1. The van der Waals surface area contributed by atoms with Gasteiger partial charge in [-0.2, -0.15) is 5.26 Å². The summed E-state index contributed by atoms with van der Waals surface area (Å²) in [5.74, 6) is 0.136. The topological polar surface area (TPSA) is 102 Å². The van der Waals surface area contributed by atoms with Gasteiger partial charge in [0, 0.05) is 19.1 Å². The van der Waals surface area contributed by atoms with Crippen LogP contribution < -0.4 is 10.0 Å². The molecule has 0 aromatic rings. The minimum absolute atomic E-state index is 0.0508. The molecule has 2 fully saturated rings. The second kappa shape index (κ2) is 6.52. The lowest BCUT2D eigenvalue weighted by Crippen LogP contribution is -2.52. The molecule has 2 aliphatic rings. The Bertz CT molecular complexity index is 559. The lowest BCUT2D eigenvalue weighted by atomic mass is 9.98. The molecule has 1 atom stereocenters. The van der Waals surface area contributed by atoms with Crippen LogP contribution in [0.5, 0.6) is 0 Å². The van der Waals surface area contributed by atoms with Gasteiger partial charge in [-0.05, 0) is 38.5 Å². The van der Waals surface area contributed by atoms with Crippen molar-refractivity contribution in [3.8, 4) is 6.07 Å². The molecular weight excluding hydrogens is 304 g/mol. The van der Waals surface area contributed by atoms with Gasteiger partial charge in [0.1, 0.15) is 5.54 Å². The van der Waals surface area contributed by atoms with Crippen LogP contribution in [0.4, 0.5) is 0 Å². The highest BCUT2D eigenvalue weighted by Crippen LogP contribution is 2.39. The van der Waals surface area contributed by atoms with E-state index in [-0.39, 0.29) is 24.4 Å². The Morgan fingerprint density at radius 1 is 1.32 bits per heavy atom. The third-order valence-corrected chi connectivity index (χ3v) is 5.12. The Morgan fingerprint density at radius 3 is 2.36 bits per heavy atom. The zero-order valence-electron chi connectivity index (χ0n) is 13.1. The summed E-state index contributed by atoms with van der Waals surface area (Å²) in [6, 6.07) is 2.16. The van der Waals surface area contributed by atoms with Crippen LogP contribution in [0, 0.1) is 17.2 Å². The summed E-state index contributed by atoms with van der Waals surface area (Å²) in [6.07, 6.45) is 4.53. The van der Waals surface area contributed by atoms with Gasteiger partial charge < -0.3 is 5.32 Å². The van der Waals surface area contributed by atoms with E-state index in [0.717, 1.165) is 19.1 Å². The number of carbonyl (C=O) groups excluding carboxylic acids is 1. The summed E-state index contributed by atoms with van der Waals surface area (Å²) >= 11 is 0. The van der Waals surface area contributed by atoms with Gasteiger partial charge in [-0.3, -0.25) is 9.69 Å². The number of nitrogens with zero attached hydrogens (tertiary/aromatic N) is 2. The molecule has 0 aromatic heterocycles. The molecule has 0 bridgehead atoms. The van der Waals surface area contributed by atoms with Crippen molar-refractivity contribution in [2.45, 2.75) is 44.2 Å². The number of amides is 1. The van der Waals surface area contributed by atoms with Crippen molar-refractivity contribution >= 4 is 15.9 Å². The third-order valence-electron chi connectivity index (χ3n) is 4.36. The van der Waals surface area contributed by atoms with E-state index in [4.69, 9.17) is 0 Å². The van der Waals surface area contributed by atoms with Crippen LogP contribution in [0.15, 0.2) is 0 Å². The molecule has 2 N–H and O–H groups in total. The molecule has 124 valence electrons. The predicted molar refractivity (Wildman–Crippen MR) is 82.3 cm³/mol. The number of nitriles is 1. The first-order valence-electron chi connectivity index (χ1n) is 7.64. The van der Waals surface area contributed by atoms with Gasteiger partial charge in [0.2, 0.25) is 15.9 Å². The van der Waals surface area contributed by atoms with E-state index >= 15 is 0 Å². The Hall–Kier alpha value is -1.17. The molecule has 1 amide bonds. The largest absolute Gasteiger partial charge is 0.337 e. The van der Waals surface area contributed by atoms with Crippen molar-refractivity contribution in [3.63, 3.8) is 0 Å². The zero-order valence-corrected chi connectivity index (χ0v) is 13.9. The molecule has 1 saturated carbocycles. The summed E-state index contributed by atoms with van der Waals surface area (Å²) in [6.45, 7) is 3.39. The van der Waals surface area contributed by atoms with Crippen molar-refractivity contribution in [2.75, 3.05) is 25.9 Å². The van der Waals surface area contributed by atoms with E-state index in [9.17, 15) is 18.5 Å². The van der Waals surface area contributed by atoms with E-state index < -0.39 is 15.6 Å². The van der Waals surface area contributed by atoms with Gasteiger partial charge in [-0.15, -0.1) is 0 Å². The van der Waals surface area contributed by atoms with Crippen molar-refractivity contribution < 1.29 is 13.2 Å². The highest BCUT2D eigenvalue weighted by atomic mass is 32.2. The zero-order chi connectivity index (χ0) is 16.4. The number of carbonyl (C=O) groups is 1. The normalized spacial score (nSPS) is 23.5. The monoisotopic (exact) mass is 328 g/mol. The molecule has 0 aromatic carbocycles. The Labute approximate surface area is 132 Å². The van der Waals surface area contributed by atoms with E-state index in [1.165, 1.54) is 0 Å². The smallest absolute Gasteiger partial charge is 0.235 e. The van der Waals surface area contributed by atoms with Crippen LogP contribution in [0.1, 0.15) is 32.6 Å². The average Bonchev–Trinajstić information content (AvgIpc) is 3.24. The van der Waals surface area contributed by atoms with Crippen LogP contribution >= 0.6 is 0 Å². The number of hydrogen-bond acceptors (Lipinski definition) is 5. The molecule has 1 saturated heterocycles. The van der Waals surface area contributed by atoms with Crippen LogP contribution in [0.3, 0.4) is 0 Å². The Balaban J connectivity index is 1.76. The SMILES string of the molecule is CC(C#N)(NC(=O)CN1CCC(NS(C)(=O)=O)CC1)C1CC1. The van der Waals surface area contributed by atoms with Crippen molar-refractivity contribution in [2.24, 2.45) is 5.92 Å². The summed E-state index contributed by atoms with van der Waals surface area (Å²) < 4.78 is 25.0. The number of sulfonamides is 1. The highest BCUT2D eigenvalue weighted by molar-refractivity contribution is 7.88. The number of piperidine rings is 1. The molecule has 2 rings (SSSR count). The number of nitrogens with one attached hydrogen (secondary N) is 2. The minimum Gasteiger partial charge on any atom is -0.337 e. The van der Waals surface area contributed by atoms with Crippen molar-refractivity contribution in [1.29, 1.82) is 5.26 Å². The fourth-order valence-corrected chi connectivity index (χ4v) is 3.77. The first kappa shape index (κ1) is 17.2. The van der Waals surface area contributed by atoms with Gasteiger partial charge in [0.05, 0.1) is 18.9 Å². The molecular formula is C14H24N4O3S. The van der Waals surface area contributed by atoms with Gasteiger partial charge in [0.15, 0.2) is 0 Å². The lowest BCUT2D eigenvalue weighted by Gasteiger charge is -2.32. The fourth-order valence-electron chi connectivity index (χ4n) is 2.93. The molecule has 8 heteroatoms. The fraction of sp³-hybridized carbons (Fsp3) is 0.857. The maximum Gasteiger partial charge on any atom is 0.235 e. The number of rotatable bonds is 6. The quantitative estimate of drug-likeness (QED) is 0.703. The molecule has 1 aliphatic heterocycles. The summed E-state index contributed by atoms with van der Waals surface area (Å²) in [5, 5.41) is 12.1. The van der Waals surface area contributed by atoms with Crippen molar-refractivity contribution in [1.82, 2.24) is 14.9 Å². The first-order valence-corrected chi connectivity index (χ1v) is 9.53. The standard InChI is InChI=1S/C14H24N4O3S/c1-14(10-15,11-3-4-11)16-13(19)9-18-7-5-12(6-8-18)17-22(2,20)21/h11-12,17H,3-9H2,1-2H3,(H,16,19). The van der Waals surface area contributed by atoms with E-state index in [1.807, 2.05) is 4.90 Å². The predicted octanol–water partition coefficient (Wildman–Crippen LogP) is -0.192. The first-order chi connectivity index (χ1) is 10.2. The summed E-state index contributed by atoms with van der Waals surface area (Å²) in [5.41, 5.74) is -0.757. The van der Waals surface area contributed by atoms with Crippen LogP contribution in [0.25, 0.3) is 0 Å². The third kappa shape index (κ3) is 4.93. The molecule has 1 unspecified atom stereocenters. The van der Waals surface area contributed by atoms with Gasteiger partial charge in [-0.1, -0.05) is 0 Å². The summed E-state index contributed by atoms with van der Waals surface area (Å²) in [7, 11) is -3.18. The lowest BCUT2D eigenvalue weighted by molar-refractivity contribution is -0.123. The van der Waals surface area contributed by atoms with Crippen LogP contribution in [0.2, 0.25) is 0 Å². The second-order valence-electron chi connectivity index (χ2n) is 6.58. The summed E-state index contributed by atoms with van der Waals surface area (Å²) in [4.78, 5) is 14.1. The number of likely N-dealkylation sites (tertiary alicyclic amines) is 1. The van der Waals surface area contributed by atoms with Crippen LogP contribution in [-0.4, -0.2) is 56.7 Å². The number of hydrogen-bond donors (Lipinski definition) is 2. The van der Waals surface area contributed by atoms with Gasteiger partial charge in [-0.25, -0.2) is 13.1 Å². The average molecular weight is 328 g/mol. The molecule has 1 aliphatic carbocycles. The minimum atomic E-state index is -3.18. The van der Waals surface area contributed by atoms with E-state index in [2.05, 4.69) is 16.1 Å². The molecule has 0 spiro atoms. The Kier molecular flexibility index (Phi) is 5.10. The van der Waals surface area contributed by atoms with E-state index in [1.54, 1.807) is 6.92 Å². The van der Waals surface area contributed by atoms with E-state index in [0.29, 0.717) is 25.9 Å². The molecule has 0 radical (unpaired) electrons. The van der Waals surface area contributed by atoms with Gasteiger partial charge in [0.25, 0.3) is 0 Å².